The van der Waals surface area contributed by atoms with Crippen molar-refractivity contribution in [2.24, 2.45) is 0 Å². The van der Waals surface area contributed by atoms with E-state index in [9.17, 15) is 0 Å². The SMILES string of the molecule is c1ccc(-n2c3ccccc3c3ccc(-c4ccc(C5(c6ccc(-c7cccc(-n8c9ccccc9c9ccccc98)c7)cc6)CCCCC5)cc4)cc32)cc1. The minimum Gasteiger partial charge on any atom is -0.309 e. The van der Waals surface area contributed by atoms with Crippen LogP contribution in [0.1, 0.15) is 43.2 Å². The third-order valence-corrected chi connectivity index (χ3v) is 12.6. The molecule has 2 nitrogen and oxygen atoms in total. The minimum absolute atomic E-state index is 0.0177. The summed E-state index contributed by atoms with van der Waals surface area (Å²) in [5, 5.41) is 5.15. The average Bonchev–Trinajstić information content (AvgIpc) is 3.80. The lowest BCUT2D eigenvalue weighted by molar-refractivity contribution is 0.346. The van der Waals surface area contributed by atoms with Crippen LogP contribution >= 0.6 is 0 Å². The lowest BCUT2D eigenvalue weighted by Gasteiger charge is -2.39. The van der Waals surface area contributed by atoms with Crippen LogP contribution < -0.4 is 0 Å². The highest BCUT2D eigenvalue weighted by molar-refractivity contribution is 6.11. The van der Waals surface area contributed by atoms with Gasteiger partial charge in [-0.25, -0.2) is 0 Å². The Kier molecular flexibility index (Phi) is 7.77. The number of nitrogens with zero attached hydrogens (tertiary/aromatic N) is 2. The topological polar surface area (TPSA) is 9.86 Å². The fourth-order valence-electron chi connectivity index (χ4n) is 9.89. The van der Waals surface area contributed by atoms with Gasteiger partial charge >= 0.3 is 0 Å². The van der Waals surface area contributed by atoms with Crippen LogP contribution in [0.3, 0.4) is 0 Å². The van der Waals surface area contributed by atoms with Crippen molar-refractivity contribution in [1.29, 1.82) is 0 Å². The molecule has 2 heterocycles. The highest BCUT2D eigenvalue weighted by Gasteiger charge is 2.35. The summed E-state index contributed by atoms with van der Waals surface area (Å²) in [6.45, 7) is 0. The Labute approximate surface area is 327 Å². The summed E-state index contributed by atoms with van der Waals surface area (Å²) >= 11 is 0. The maximum atomic E-state index is 2.42. The molecule has 0 aliphatic heterocycles. The molecule has 0 amide bonds. The minimum atomic E-state index is 0.0177. The molecule has 1 fully saturated rings. The molecule has 56 heavy (non-hydrogen) atoms. The van der Waals surface area contributed by atoms with Crippen molar-refractivity contribution in [3.8, 4) is 33.6 Å². The van der Waals surface area contributed by atoms with E-state index in [1.54, 1.807) is 0 Å². The molecule has 1 aliphatic rings. The van der Waals surface area contributed by atoms with Crippen molar-refractivity contribution in [2.45, 2.75) is 37.5 Å². The normalized spacial score (nSPS) is 14.2. The van der Waals surface area contributed by atoms with Crippen LogP contribution in [0, 0.1) is 0 Å². The average molecular weight is 719 g/mol. The van der Waals surface area contributed by atoms with E-state index >= 15 is 0 Å². The second-order valence-corrected chi connectivity index (χ2v) is 15.6. The van der Waals surface area contributed by atoms with E-state index in [1.165, 1.54) is 120 Å². The number of para-hydroxylation sites is 4. The molecular weight excluding hydrogens is 677 g/mol. The molecule has 0 radical (unpaired) electrons. The fraction of sp³-hybridized carbons (Fsp3) is 0.111. The molecule has 1 aliphatic carbocycles. The van der Waals surface area contributed by atoms with Gasteiger partial charge in [-0.2, -0.15) is 0 Å². The Hall–Kier alpha value is -6.64. The highest BCUT2D eigenvalue weighted by atomic mass is 15.0. The van der Waals surface area contributed by atoms with Gasteiger partial charge < -0.3 is 9.13 Å². The molecule has 10 aromatic rings. The molecule has 2 aromatic heterocycles. The summed E-state index contributed by atoms with van der Waals surface area (Å²) in [7, 11) is 0. The van der Waals surface area contributed by atoms with Gasteiger partial charge in [-0.3, -0.25) is 0 Å². The second-order valence-electron chi connectivity index (χ2n) is 15.6. The van der Waals surface area contributed by atoms with Crippen molar-refractivity contribution in [3.05, 3.63) is 205 Å². The Morgan fingerprint density at radius 1 is 0.304 bits per heavy atom. The smallest absolute Gasteiger partial charge is 0.0547 e. The molecule has 0 spiro atoms. The Morgan fingerprint density at radius 2 is 0.750 bits per heavy atom. The van der Waals surface area contributed by atoms with Crippen LogP contribution in [0.25, 0.3) is 77.2 Å². The molecule has 11 rings (SSSR count). The Morgan fingerprint density at radius 3 is 1.32 bits per heavy atom. The van der Waals surface area contributed by atoms with Crippen molar-refractivity contribution >= 4 is 43.6 Å². The molecule has 0 unspecified atom stereocenters. The van der Waals surface area contributed by atoms with E-state index in [0.29, 0.717) is 0 Å². The van der Waals surface area contributed by atoms with Crippen LogP contribution in [0.15, 0.2) is 194 Å². The lowest BCUT2D eigenvalue weighted by atomic mass is 9.65. The summed E-state index contributed by atoms with van der Waals surface area (Å²) in [4.78, 5) is 0. The molecule has 0 atom stereocenters. The summed E-state index contributed by atoms with van der Waals surface area (Å²) in [6.07, 6.45) is 6.18. The summed E-state index contributed by atoms with van der Waals surface area (Å²) in [5.41, 5.74) is 15.2. The van der Waals surface area contributed by atoms with E-state index in [-0.39, 0.29) is 5.41 Å². The standard InChI is InChI=1S/C54H42N2/c1-3-15-44(16-4-1)55-50-21-8-7-20-48(50)49-33-28-41(37-53(49)55)39-26-31-43(32-27-39)54(34-11-2-12-35-54)42-29-24-38(25-30-42)40-14-13-17-45(36-40)56-51-22-9-5-18-46(51)47-19-6-10-23-52(47)56/h1,3-10,13-33,36-37H,2,11-12,34-35H2. The molecule has 8 aromatic carbocycles. The lowest BCUT2D eigenvalue weighted by Crippen LogP contribution is -2.30. The predicted octanol–water partition coefficient (Wildman–Crippen LogP) is 14.5. The maximum absolute atomic E-state index is 2.42. The van der Waals surface area contributed by atoms with E-state index in [0.717, 1.165) is 0 Å². The summed E-state index contributed by atoms with van der Waals surface area (Å²) < 4.78 is 4.81. The van der Waals surface area contributed by atoms with Gasteiger partial charge in [0.15, 0.2) is 0 Å². The van der Waals surface area contributed by atoms with Gasteiger partial charge in [0.05, 0.1) is 22.1 Å². The van der Waals surface area contributed by atoms with Gasteiger partial charge in [-0.05, 0) is 94.8 Å². The predicted molar refractivity (Wildman–Crippen MR) is 236 cm³/mol. The maximum Gasteiger partial charge on any atom is 0.0547 e. The van der Waals surface area contributed by atoms with Crippen molar-refractivity contribution < 1.29 is 0 Å². The quantitative estimate of drug-likeness (QED) is 0.162. The van der Waals surface area contributed by atoms with Crippen LogP contribution in [-0.2, 0) is 5.41 Å². The zero-order chi connectivity index (χ0) is 37.1. The number of fused-ring (bicyclic) bond motifs is 6. The first-order chi connectivity index (χ1) is 27.7. The van der Waals surface area contributed by atoms with Crippen molar-refractivity contribution in [1.82, 2.24) is 9.13 Å². The van der Waals surface area contributed by atoms with Crippen LogP contribution in [0.4, 0.5) is 0 Å². The van der Waals surface area contributed by atoms with Gasteiger partial charge in [-0.1, -0.05) is 165 Å². The van der Waals surface area contributed by atoms with E-state index in [1.807, 2.05) is 0 Å². The third kappa shape index (κ3) is 5.24. The molecule has 268 valence electrons. The number of hydrogen-bond acceptors (Lipinski definition) is 0. The zero-order valence-corrected chi connectivity index (χ0v) is 31.4. The van der Waals surface area contributed by atoms with Gasteiger partial charge in [0, 0.05) is 38.3 Å². The summed E-state index contributed by atoms with van der Waals surface area (Å²) in [6, 6.07) is 72.1. The molecule has 0 saturated heterocycles. The monoisotopic (exact) mass is 718 g/mol. The number of aromatic nitrogens is 2. The van der Waals surface area contributed by atoms with Crippen LogP contribution in [0.2, 0.25) is 0 Å². The van der Waals surface area contributed by atoms with E-state index < -0.39 is 0 Å². The number of hydrogen-bond donors (Lipinski definition) is 0. The van der Waals surface area contributed by atoms with E-state index in [2.05, 4.69) is 203 Å². The first-order valence-corrected chi connectivity index (χ1v) is 20.1. The third-order valence-electron chi connectivity index (χ3n) is 12.6. The zero-order valence-electron chi connectivity index (χ0n) is 31.4. The second kappa shape index (κ2) is 13.3. The summed E-state index contributed by atoms with van der Waals surface area (Å²) in [5.74, 6) is 0. The van der Waals surface area contributed by atoms with Gasteiger partial charge in [0.1, 0.15) is 0 Å². The molecule has 2 heteroatoms. The first kappa shape index (κ1) is 32.8. The molecular formula is C54H42N2. The van der Waals surface area contributed by atoms with Gasteiger partial charge in [0.25, 0.3) is 0 Å². The van der Waals surface area contributed by atoms with Gasteiger partial charge in [0.2, 0.25) is 0 Å². The number of benzene rings is 8. The number of rotatable bonds is 6. The van der Waals surface area contributed by atoms with Crippen molar-refractivity contribution in [2.75, 3.05) is 0 Å². The van der Waals surface area contributed by atoms with E-state index in [4.69, 9.17) is 0 Å². The fourth-order valence-corrected chi connectivity index (χ4v) is 9.89. The van der Waals surface area contributed by atoms with Crippen molar-refractivity contribution in [3.63, 3.8) is 0 Å². The van der Waals surface area contributed by atoms with Gasteiger partial charge in [-0.15, -0.1) is 0 Å². The Balaban J connectivity index is 0.936. The largest absolute Gasteiger partial charge is 0.309 e. The van der Waals surface area contributed by atoms with Crippen LogP contribution in [-0.4, -0.2) is 9.13 Å². The Bertz CT molecular complexity index is 2980. The first-order valence-electron chi connectivity index (χ1n) is 20.1. The molecule has 0 N–H and O–H groups in total. The molecule has 0 bridgehead atoms. The van der Waals surface area contributed by atoms with Crippen LogP contribution in [0.5, 0.6) is 0 Å². The molecule has 1 saturated carbocycles. The highest BCUT2D eigenvalue weighted by Crippen LogP contribution is 2.46.